The number of hydrogen-bond donors (Lipinski definition) is 1. The number of benzene rings is 2. The Bertz CT molecular complexity index is 624. The molecule has 21 heavy (non-hydrogen) atoms. The van der Waals surface area contributed by atoms with Crippen LogP contribution in [-0.4, -0.2) is 13.1 Å². The molecule has 1 atom stereocenters. The van der Waals surface area contributed by atoms with Gasteiger partial charge in [-0.1, -0.05) is 47.5 Å². The molecule has 2 aromatic carbocycles. The topological polar surface area (TPSA) is 21.3 Å². The molecule has 0 radical (unpaired) electrons. The molecule has 0 aromatic heterocycles. The summed E-state index contributed by atoms with van der Waals surface area (Å²) in [5, 5.41) is 4.55. The zero-order valence-corrected chi connectivity index (χ0v) is 13.1. The second-order valence-electron chi connectivity index (χ2n) is 5.30. The molecule has 0 amide bonds. The SMILES string of the molecule is Clc1ccc(OCc2cccc(C3CCNC3)c2)c(Cl)c1. The summed E-state index contributed by atoms with van der Waals surface area (Å²) < 4.78 is 5.79. The van der Waals surface area contributed by atoms with Crippen molar-refractivity contribution in [1.29, 1.82) is 0 Å². The normalized spacial score (nSPS) is 17.9. The van der Waals surface area contributed by atoms with Crippen molar-refractivity contribution in [1.82, 2.24) is 5.32 Å². The minimum absolute atomic E-state index is 0.509. The van der Waals surface area contributed by atoms with Crippen LogP contribution in [0, 0.1) is 0 Å². The van der Waals surface area contributed by atoms with Gasteiger partial charge >= 0.3 is 0 Å². The standard InChI is InChI=1S/C17H17Cl2NO/c18-15-4-5-17(16(19)9-15)21-11-12-2-1-3-13(8-12)14-6-7-20-10-14/h1-5,8-9,14,20H,6-7,10-11H2. The zero-order valence-electron chi connectivity index (χ0n) is 11.6. The molecule has 1 N–H and O–H groups in total. The molecule has 2 aromatic rings. The Morgan fingerprint density at radius 1 is 1.14 bits per heavy atom. The molecule has 0 saturated carbocycles. The highest BCUT2D eigenvalue weighted by atomic mass is 35.5. The first-order chi connectivity index (χ1) is 10.2. The maximum atomic E-state index is 6.11. The average molecular weight is 322 g/mol. The Labute approximate surface area is 135 Å². The molecule has 0 spiro atoms. The molecular weight excluding hydrogens is 305 g/mol. The molecule has 1 fully saturated rings. The van der Waals surface area contributed by atoms with Gasteiger partial charge in [-0.25, -0.2) is 0 Å². The Morgan fingerprint density at radius 3 is 2.81 bits per heavy atom. The van der Waals surface area contributed by atoms with Gasteiger partial charge in [0.25, 0.3) is 0 Å². The summed E-state index contributed by atoms with van der Waals surface area (Å²) in [6.07, 6.45) is 1.20. The fourth-order valence-corrected chi connectivity index (χ4v) is 3.09. The van der Waals surface area contributed by atoms with Crippen LogP contribution in [0.15, 0.2) is 42.5 Å². The lowest BCUT2D eigenvalue weighted by Gasteiger charge is -2.12. The van der Waals surface area contributed by atoms with E-state index in [0.29, 0.717) is 28.3 Å². The molecule has 1 unspecified atom stereocenters. The van der Waals surface area contributed by atoms with E-state index < -0.39 is 0 Å². The van der Waals surface area contributed by atoms with E-state index in [4.69, 9.17) is 27.9 Å². The molecular formula is C17H17Cl2NO. The first kappa shape index (κ1) is 14.7. The molecule has 1 saturated heterocycles. The maximum Gasteiger partial charge on any atom is 0.138 e. The average Bonchev–Trinajstić information content (AvgIpc) is 3.01. The Kier molecular flexibility index (Phi) is 4.69. The van der Waals surface area contributed by atoms with Crippen LogP contribution in [0.1, 0.15) is 23.5 Å². The predicted octanol–water partition coefficient (Wildman–Crippen LogP) is 4.65. The van der Waals surface area contributed by atoms with E-state index in [1.165, 1.54) is 12.0 Å². The first-order valence-corrected chi connectivity index (χ1v) is 7.85. The lowest BCUT2D eigenvalue weighted by Crippen LogP contribution is -2.08. The van der Waals surface area contributed by atoms with Crippen molar-refractivity contribution in [3.63, 3.8) is 0 Å². The van der Waals surface area contributed by atoms with Crippen LogP contribution in [0.2, 0.25) is 10.0 Å². The van der Waals surface area contributed by atoms with Crippen molar-refractivity contribution in [3.8, 4) is 5.75 Å². The number of rotatable bonds is 4. The highest BCUT2D eigenvalue weighted by Gasteiger charge is 2.16. The summed E-state index contributed by atoms with van der Waals surface area (Å²) in [7, 11) is 0. The van der Waals surface area contributed by atoms with E-state index in [2.05, 4.69) is 29.6 Å². The van der Waals surface area contributed by atoms with Gasteiger partial charge < -0.3 is 10.1 Å². The summed E-state index contributed by atoms with van der Waals surface area (Å²) >= 11 is 12.0. The van der Waals surface area contributed by atoms with Gasteiger partial charge in [0.2, 0.25) is 0 Å². The molecule has 0 aliphatic carbocycles. The Morgan fingerprint density at radius 2 is 2.05 bits per heavy atom. The molecule has 0 bridgehead atoms. The van der Waals surface area contributed by atoms with Gasteiger partial charge in [0.05, 0.1) is 5.02 Å². The van der Waals surface area contributed by atoms with Crippen LogP contribution in [0.4, 0.5) is 0 Å². The van der Waals surface area contributed by atoms with Gasteiger partial charge in [-0.2, -0.15) is 0 Å². The van der Waals surface area contributed by atoms with E-state index >= 15 is 0 Å². The van der Waals surface area contributed by atoms with Crippen LogP contribution in [0.5, 0.6) is 5.75 Å². The fourth-order valence-electron chi connectivity index (χ4n) is 2.63. The van der Waals surface area contributed by atoms with E-state index in [1.807, 2.05) is 0 Å². The Hall–Kier alpha value is -1.22. The molecule has 4 heteroatoms. The number of halogens is 2. The first-order valence-electron chi connectivity index (χ1n) is 7.10. The third kappa shape index (κ3) is 3.70. The van der Waals surface area contributed by atoms with Gasteiger partial charge in [0.1, 0.15) is 12.4 Å². The third-order valence-electron chi connectivity index (χ3n) is 3.77. The molecule has 1 heterocycles. The predicted molar refractivity (Wildman–Crippen MR) is 87.5 cm³/mol. The molecule has 3 rings (SSSR count). The molecule has 110 valence electrons. The Balaban J connectivity index is 1.68. The van der Waals surface area contributed by atoms with Crippen LogP contribution < -0.4 is 10.1 Å². The summed E-state index contributed by atoms with van der Waals surface area (Å²) in [6, 6.07) is 13.9. The highest BCUT2D eigenvalue weighted by Crippen LogP contribution is 2.28. The van der Waals surface area contributed by atoms with Crippen LogP contribution >= 0.6 is 23.2 Å². The fraction of sp³-hybridized carbons (Fsp3) is 0.294. The van der Waals surface area contributed by atoms with E-state index in [9.17, 15) is 0 Å². The van der Waals surface area contributed by atoms with Crippen molar-refractivity contribution < 1.29 is 4.74 Å². The van der Waals surface area contributed by atoms with Crippen molar-refractivity contribution in [2.24, 2.45) is 0 Å². The number of hydrogen-bond acceptors (Lipinski definition) is 2. The summed E-state index contributed by atoms with van der Waals surface area (Å²) in [6.45, 7) is 2.68. The largest absolute Gasteiger partial charge is 0.487 e. The van der Waals surface area contributed by atoms with Crippen LogP contribution in [-0.2, 0) is 6.61 Å². The van der Waals surface area contributed by atoms with Gasteiger partial charge in [-0.15, -0.1) is 0 Å². The van der Waals surface area contributed by atoms with Crippen molar-refractivity contribution in [2.45, 2.75) is 18.9 Å². The van der Waals surface area contributed by atoms with Gasteiger partial charge in [0, 0.05) is 11.6 Å². The van der Waals surface area contributed by atoms with Gasteiger partial charge in [-0.05, 0) is 48.2 Å². The van der Waals surface area contributed by atoms with Gasteiger partial charge in [-0.3, -0.25) is 0 Å². The number of nitrogens with one attached hydrogen (secondary N) is 1. The molecule has 1 aliphatic heterocycles. The monoisotopic (exact) mass is 321 g/mol. The second-order valence-corrected chi connectivity index (χ2v) is 6.14. The summed E-state index contributed by atoms with van der Waals surface area (Å²) in [5.74, 6) is 1.28. The minimum Gasteiger partial charge on any atom is -0.487 e. The minimum atomic E-state index is 0.509. The lowest BCUT2D eigenvalue weighted by atomic mass is 9.97. The highest BCUT2D eigenvalue weighted by molar-refractivity contribution is 6.35. The van der Waals surface area contributed by atoms with E-state index in [0.717, 1.165) is 18.7 Å². The smallest absolute Gasteiger partial charge is 0.138 e. The van der Waals surface area contributed by atoms with Crippen molar-refractivity contribution in [3.05, 3.63) is 63.6 Å². The van der Waals surface area contributed by atoms with Crippen LogP contribution in [0.25, 0.3) is 0 Å². The molecule has 1 aliphatic rings. The summed E-state index contributed by atoms with van der Waals surface area (Å²) in [5.41, 5.74) is 2.54. The lowest BCUT2D eigenvalue weighted by molar-refractivity contribution is 0.306. The second kappa shape index (κ2) is 6.69. The number of ether oxygens (including phenoxy) is 1. The van der Waals surface area contributed by atoms with E-state index in [-0.39, 0.29) is 0 Å². The summed E-state index contributed by atoms with van der Waals surface area (Å²) in [4.78, 5) is 0. The molecule has 2 nitrogen and oxygen atoms in total. The van der Waals surface area contributed by atoms with E-state index in [1.54, 1.807) is 18.2 Å². The third-order valence-corrected chi connectivity index (χ3v) is 4.30. The maximum absolute atomic E-state index is 6.11. The van der Waals surface area contributed by atoms with Crippen molar-refractivity contribution >= 4 is 23.2 Å². The van der Waals surface area contributed by atoms with Crippen molar-refractivity contribution in [2.75, 3.05) is 13.1 Å². The quantitative estimate of drug-likeness (QED) is 0.885. The van der Waals surface area contributed by atoms with Gasteiger partial charge in [0.15, 0.2) is 0 Å². The van der Waals surface area contributed by atoms with Crippen LogP contribution in [0.3, 0.4) is 0 Å². The zero-order chi connectivity index (χ0) is 14.7.